The molecule has 1 aliphatic rings. The number of hydrogen-bond acceptors (Lipinski definition) is 2. The van der Waals surface area contributed by atoms with Gasteiger partial charge in [-0.1, -0.05) is 60.7 Å². The summed E-state index contributed by atoms with van der Waals surface area (Å²) >= 11 is 0. The van der Waals surface area contributed by atoms with E-state index in [9.17, 15) is 5.11 Å². The molecule has 0 radical (unpaired) electrons. The Bertz CT molecular complexity index is 534. The monoisotopic (exact) mass is 282 g/mol. The third-order valence-electron chi connectivity index (χ3n) is 3.97. The van der Waals surface area contributed by atoms with E-state index in [0.717, 1.165) is 17.7 Å². The summed E-state index contributed by atoms with van der Waals surface area (Å²) in [4.78, 5) is 0. The minimum absolute atomic E-state index is 0.244. The zero-order chi connectivity index (χ0) is 14.5. The quantitative estimate of drug-likeness (QED) is 0.838. The molecule has 1 N–H and O–H groups in total. The molecule has 21 heavy (non-hydrogen) atoms. The number of rotatable bonds is 7. The van der Waals surface area contributed by atoms with Gasteiger partial charge in [0.05, 0.1) is 12.7 Å². The van der Waals surface area contributed by atoms with E-state index >= 15 is 0 Å². The maximum absolute atomic E-state index is 10.6. The molecule has 0 saturated heterocycles. The first-order chi connectivity index (χ1) is 10.3. The molecule has 0 heterocycles. The van der Waals surface area contributed by atoms with E-state index in [-0.39, 0.29) is 6.10 Å². The Morgan fingerprint density at radius 3 is 2.19 bits per heavy atom. The topological polar surface area (TPSA) is 29.5 Å². The van der Waals surface area contributed by atoms with Crippen LogP contribution >= 0.6 is 0 Å². The number of aliphatic hydroxyl groups excluding tert-OH is 1. The highest BCUT2D eigenvalue weighted by Gasteiger charge is 2.27. The second-order valence-electron chi connectivity index (χ2n) is 5.87. The Morgan fingerprint density at radius 1 is 0.952 bits per heavy atom. The maximum atomic E-state index is 10.6. The molecule has 2 atom stereocenters. The first-order valence-electron chi connectivity index (χ1n) is 7.71. The summed E-state index contributed by atoms with van der Waals surface area (Å²) in [7, 11) is 0. The van der Waals surface area contributed by atoms with Gasteiger partial charge >= 0.3 is 0 Å². The van der Waals surface area contributed by atoms with Gasteiger partial charge in [0.25, 0.3) is 0 Å². The molecule has 2 heteroatoms. The van der Waals surface area contributed by atoms with Crippen LogP contribution in [-0.4, -0.2) is 17.8 Å². The van der Waals surface area contributed by atoms with Crippen LogP contribution in [0, 0.1) is 5.92 Å². The van der Waals surface area contributed by atoms with E-state index in [0.29, 0.717) is 12.3 Å². The molecule has 2 unspecified atom stereocenters. The Kier molecular flexibility index (Phi) is 4.69. The lowest BCUT2D eigenvalue weighted by Crippen LogP contribution is -2.24. The van der Waals surface area contributed by atoms with Crippen molar-refractivity contribution in [2.24, 2.45) is 5.92 Å². The van der Waals surface area contributed by atoms with Crippen molar-refractivity contribution in [2.45, 2.75) is 31.5 Å². The van der Waals surface area contributed by atoms with Crippen molar-refractivity contribution >= 4 is 0 Å². The van der Waals surface area contributed by atoms with Crippen molar-refractivity contribution in [2.75, 3.05) is 6.61 Å². The summed E-state index contributed by atoms with van der Waals surface area (Å²) < 4.78 is 6.04. The summed E-state index contributed by atoms with van der Waals surface area (Å²) in [6.45, 7) is 0.755. The van der Waals surface area contributed by atoms with Crippen LogP contribution in [0.4, 0.5) is 0 Å². The molecular formula is C19H22O2. The number of ether oxygens (including phenoxy) is 1. The minimum Gasteiger partial charge on any atom is -0.390 e. The van der Waals surface area contributed by atoms with E-state index in [1.54, 1.807) is 0 Å². The molecule has 0 aromatic heterocycles. The highest BCUT2D eigenvalue weighted by molar-refractivity contribution is 5.21. The standard InChI is InChI=1S/C19H22O2/c20-18(13-15-7-3-1-4-8-15)19(21-14-16-11-12-16)17-9-5-2-6-10-17/h1-10,16,18-20H,11-14H2. The van der Waals surface area contributed by atoms with E-state index < -0.39 is 6.10 Å². The van der Waals surface area contributed by atoms with Crippen molar-refractivity contribution in [3.05, 3.63) is 71.8 Å². The van der Waals surface area contributed by atoms with Gasteiger partial charge in [-0.05, 0) is 29.9 Å². The van der Waals surface area contributed by atoms with Crippen LogP contribution in [-0.2, 0) is 11.2 Å². The molecule has 2 nitrogen and oxygen atoms in total. The predicted molar refractivity (Wildman–Crippen MR) is 84.0 cm³/mol. The Labute approximate surface area is 126 Å². The van der Waals surface area contributed by atoms with Gasteiger partial charge in [0, 0.05) is 6.42 Å². The highest BCUT2D eigenvalue weighted by atomic mass is 16.5. The minimum atomic E-state index is -0.520. The predicted octanol–water partition coefficient (Wildman–Crippen LogP) is 3.76. The van der Waals surface area contributed by atoms with E-state index in [4.69, 9.17) is 4.74 Å². The zero-order valence-corrected chi connectivity index (χ0v) is 12.2. The van der Waals surface area contributed by atoms with Crippen LogP contribution in [0.5, 0.6) is 0 Å². The van der Waals surface area contributed by atoms with Crippen LogP contribution in [0.15, 0.2) is 60.7 Å². The van der Waals surface area contributed by atoms with Gasteiger partial charge in [0.15, 0.2) is 0 Å². The first-order valence-corrected chi connectivity index (χ1v) is 7.71. The molecule has 0 bridgehead atoms. The summed E-state index contributed by atoms with van der Waals surface area (Å²) in [5.74, 6) is 0.695. The number of hydrogen-bond donors (Lipinski definition) is 1. The Morgan fingerprint density at radius 2 is 1.57 bits per heavy atom. The molecule has 2 aromatic carbocycles. The Balaban J connectivity index is 1.70. The van der Waals surface area contributed by atoms with Gasteiger partial charge in [0.2, 0.25) is 0 Å². The van der Waals surface area contributed by atoms with Crippen molar-refractivity contribution < 1.29 is 9.84 Å². The first kappa shape index (κ1) is 14.3. The highest BCUT2D eigenvalue weighted by Crippen LogP contribution is 2.32. The molecule has 1 fully saturated rings. The van der Waals surface area contributed by atoms with Crippen LogP contribution in [0.2, 0.25) is 0 Å². The van der Waals surface area contributed by atoms with Crippen LogP contribution in [0.3, 0.4) is 0 Å². The van der Waals surface area contributed by atoms with Gasteiger partial charge < -0.3 is 9.84 Å². The van der Waals surface area contributed by atoms with Gasteiger partial charge in [0.1, 0.15) is 6.10 Å². The van der Waals surface area contributed by atoms with Crippen LogP contribution < -0.4 is 0 Å². The Hall–Kier alpha value is -1.64. The molecule has 0 aliphatic heterocycles. The third kappa shape index (κ3) is 4.16. The lowest BCUT2D eigenvalue weighted by atomic mass is 9.98. The fourth-order valence-corrected chi connectivity index (χ4v) is 2.56. The lowest BCUT2D eigenvalue weighted by Gasteiger charge is -2.24. The molecule has 0 amide bonds. The summed E-state index contributed by atoms with van der Waals surface area (Å²) in [6.07, 6.45) is 2.37. The molecule has 2 aromatic rings. The lowest BCUT2D eigenvalue weighted by molar-refractivity contribution is -0.0428. The number of aliphatic hydroxyl groups is 1. The third-order valence-corrected chi connectivity index (χ3v) is 3.97. The largest absolute Gasteiger partial charge is 0.390 e. The molecule has 110 valence electrons. The van der Waals surface area contributed by atoms with Gasteiger partial charge in [-0.2, -0.15) is 0 Å². The van der Waals surface area contributed by atoms with Crippen molar-refractivity contribution in [1.82, 2.24) is 0 Å². The van der Waals surface area contributed by atoms with E-state index in [2.05, 4.69) is 0 Å². The molecule has 3 rings (SSSR count). The normalized spacial score (nSPS) is 17.4. The zero-order valence-electron chi connectivity index (χ0n) is 12.2. The summed E-state index contributed by atoms with van der Waals surface area (Å²) in [5, 5.41) is 10.6. The van der Waals surface area contributed by atoms with Crippen molar-refractivity contribution in [3.63, 3.8) is 0 Å². The molecule has 1 aliphatic carbocycles. The smallest absolute Gasteiger partial charge is 0.109 e. The summed E-state index contributed by atoms with van der Waals surface area (Å²) in [5.41, 5.74) is 2.20. The van der Waals surface area contributed by atoms with E-state index in [1.807, 2.05) is 60.7 Å². The number of benzene rings is 2. The summed E-state index contributed by atoms with van der Waals surface area (Å²) in [6, 6.07) is 20.2. The van der Waals surface area contributed by atoms with Crippen molar-refractivity contribution in [1.29, 1.82) is 0 Å². The average molecular weight is 282 g/mol. The van der Waals surface area contributed by atoms with Crippen molar-refractivity contribution in [3.8, 4) is 0 Å². The van der Waals surface area contributed by atoms with Gasteiger partial charge in [-0.25, -0.2) is 0 Å². The van der Waals surface area contributed by atoms with E-state index in [1.165, 1.54) is 12.8 Å². The second kappa shape index (κ2) is 6.88. The fourth-order valence-electron chi connectivity index (χ4n) is 2.56. The fraction of sp³-hybridized carbons (Fsp3) is 0.368. The average Bonchev–Trinajstić information content (AvgIpc) is 3.34. The maximum Gasteiger partial charge on any atom is 0.109 e. The molecule has 1 saturated carbocycles. The van der Waals surface area contributed by atoms with Crippen LogP contribution in [0.1, 0.15) is 30.1 Å². The molecule has 0 spiro atoms. The van der Waals surface area contributed by atoms with Crippen LogP contribution in [0.25, 0.3) is 0 Å². The molecular weight excluding hydrogens is 260 g/mol. The second-order valence-corrected chi connectivity index (χ2v) is 5.87. The van der Waals surface area contributed by atoms with Gasteiger partial charge in [-0.3, -0.25) is 0 Å². The van der Waals surface area contributed by atoms with Gasteiger partial charge in [-0.15, -0.1) is 0 Å². The SMILES string of the molecule is OC(Cc1ccccc1)C(OCC1CC1)c1ccccc1.